The van der Waals surface area contributed by atoms with Crippen molar-refractivity contribution in [1.82, 2.24) is 9.97 Å². The Kier molecular flexibility index (Phi) is 4.29. The van der Waals surface area contributed by atoms with Gasteiger partial charge >= 0.3 is 0 Å². The topological polar surface area (TPSA) is 25.8 Å². The van der Waals surface area contributed by atoms with Crippen molar-refractivity contribution >= 4 is 48.5 Å². The summed E-state index contributed by atoms with van der Waals surface area (Å²) in [6, 6.07) is 35.6. The highest BCUT2D eigenvalue weighted by atomic mass is 79.9. The maximum Gasteiger partial charge on any atom is 0.0810 e. The molecule has 3 heteroatoms. The molecule has 0 saturated carbocycles. The molecule has 0 unspecified atom stereocenters. The van der Waals surface area contributed by atoms with E-state index in [9.17, 15) is 0 Å². The molecule has 6 rings (SSSR count). The molecule has 146 valence electrons. The molecule has 4 aromatic carbocycles. The van der Waals surface area contributed by atoms with E-state index in [1.54, 1.807) is 0 Å². The first kappa shape index (κ1) is 18.2. The zero-order chi connectivity index (χ0) is 20.8. The third-order valence-electron chi connectivity index (χ3n) is 5.71. The van der Waals surface area contributed by atoms with E-state index >= 15 is 0 Å². The van der Waals surface area contributed by atoms with Gasteiger partial charge in [-0.25, -0.2) is 9.97 Å². The fourth-order valence-corrected chi connectivity index (χ4v) is 4.48. The fourth-order valence-electron chi connectivity index (χ4n) is 4.21. The van der Waals surface area contributed by atoms with Crippen LogP contribution >= 0.6 is 15.9 Å². The molecule has 0 amide bonds. The molecule has 0 N–H and O–H groups in total. The monoisotopic (exact) mass is 460 g/mol. The third kappa shape index (κ3) is 3.09. The van der Waals surface area contributed by atoms with Gasteiger partial charge in [-0.05, 0) is 29.7 Å². The number of nitrogens with zero attached hydrogens (tertiary/aromatic N) is 2. The maximum atomic E-state index is 5.13. The first-order valence-electron chi connectivity index (χ1n) is 10.2. The quantitative estimate of drug-likeness (QED) is 0.244. The molecule has 0 aliphatic carbocycles. The van der Waals surface area contributed by atoms with Gasteiger partial charge in [-0.15, -0.1) is 0 Å². The second kappa shape index (κ2) is 7.29. The lowest BCUT2D eigenvalue weighted by Crippen LogP contribution is -1.93. The summed E-state index contributed by atoms with van der Waals surface area (Å²) in [6.07, 6.45) is 0. The fraction of sp³-hybridized carbons (Fsp3) is 0. The standard InChI is InChI=1S/C28H17BrN2/c29-21-14-10-19(11-15-21)28-26-23(22-8-4-5-9-25(22)31-28)16-12-20-13-17-24(30-27(20)26)18-6-2-1-3-7-18/h1-17H. The van der Waals surface area contributed by atoms with E-state index in [1.165, 1.54) is 5.39 Å². The lowest BCUT2D eigenvalue weighted by Gasteiger charge is -2.13. The number of benzene rings is 4. The van der Waals surface area contributed by atoms with Crippen molar-refractivity contribution < 1.29 is 0 Å². The van der Waals surface area contributed by atoms with E-state index in [4.69, 9.17) is 9.97 Å². The molecule has 0 fully saturated rings. The van der Waals surface area contributed by atoms with E-state index in [2.05, 4.69) is 94.8 Å². The summed E-state index contributed by atoms with van der Waals surface area (Å²) in [6.45, 7) is 0. The average Bonchev–Trinajstić information content (AvgIpc) is 2.84. The molecule has 2 nitrogen and oxygen atoms in total. The minimum Gasteiger partial charge on any atom is -0.247 e. The van der Waals surface area contributed by atoms with Crippen molar-refractivity contribution in [2.75, 3.05) is 0 Å². The molecule has 6 aromatic rings. The predicted octanol–water partition coefficient (Wildman–Crippen LogP) is 8.03. The van der Waals surface area contributed by atoms with E-state index < -0.39 is 0 Å². The van der Waals surface area contributed by atoms with Crippen LogP contribution in [-0.2, 0) is 0 Å². The van der Waals surface area contributed by atoms with E-state index in [1.807, 2.05) is 24.3 Å². The highest BCUT2D eigenvalue weighted by molar-refractivity contribution is 9.10. The Balaban J connectivity index is 1.77. The van der Waals surface area contributed by atoms with Crippen molar-refractivity contribution in [1.29, 1.82) is 0 Å². The van der Waals surface area contributed by atoms with Gasteiger partial charge in [0, 0.05) is 31.8 Å². The van der Waals surface area contributed by atoms with Gasteiger partial charge in [0.2, 0.25) is 0 Å². The van der Waals surface area contributed by atoms with Crippen molar-refractivity contribution in [3.05, 3.63) is 108 Å². The Morgan fingerprint density at radius 1 is 0.548 bits per heavy atom. The summed E-state index contributed by atoms with van der Waals surface area (Å²) in [5.41, 5.74) is 6.10. The summed E-state index contributed by atoms with van der Waals surface area (Å²) in [7, 11) is 0. The van der Waals surface area contributed by atoms with Gasteiger partial charge in [-0.3, -0.25) is 0 Å². The number of hydrogen-bond donors (Lipinski definition) is 0. The molecule has 0 aliphatic heterocycles. The number of pyridine rings is 2. The summed E-state index contributed by atoms with van der Waals surface area (Å²) in [5.74, 6) is 0. The molecule has 2 heterocycles. The van der Waals surface area contributed by atoms with Crippen LogP contribution in [0.3, 0.4) is 0 Å². The number of rotatable bonds is 2. The maximum absolute atomic E-state index is 5.13. The molecule has 2 aromatic heterocycles. The lowest BCUT2D eigenvalue weighted by molar-refractivity contribution is 1.39. The van der Waals surface area contributed by atoms with Crippen LogP contribution in [0.1, 0.15) is 0 Å². The van der Waals surface area contributed by atoms with Crippen molar-refractivity contribution in [3.63, 3.8) is 0 Å². The Labute approximate surface area is 188 Å². The molecular formula is C28H17BrN2. The van der Waals surface area contributed by atoms with Gasteiger partial charge in [-0.2, -0.15) is 0 Å². The molecule has 0 spiro atoms. The summed E-state index contributed by atoms with van der Waals surface area (Å²) >= 11 is 3.55. The van der Waals surface area contributed by atoms with Crippen LogP contribution in [0, 0.1) is 0 Å². The summed E-state index contributed by atoms with van der Waals surface area (Å²) in [4.78, 5) is 10.2. The van der Waals surface area contributed by atoms with Gasteiger partial charge in [-0.1, -0.05) is 94.8 Å². The van der Waals surface area contributed by atoms with Crippen molar-refractivity contribution in [2.24, 2.45) is 0 Å². The average molecular weight is 461 g/mol. The van der Waals surface area contributed by atoms with Crippen LogP contribution in [0.2, 0.25) is 0 Å². The smallest absolute Gasteiger partial charge is 0.0810 e. The highest BCUT2D eigenvalue weighted by Gasteiger charge is 2.15. The Bertz CT molecular complexity index is 1570. The minimum absolute atomic E-state index is 0.963. The normalized spacial score (nSPS) is 11.4. The molecule has 0 aliphatic rings. The van der Waals surface area contributed by atoms with Gasteiger partial charge in [0.25, 0.3) is 0 Å². The van der Waals surface area contributed by atoms with Crippen molar-refractivity contribution in [3.8, 4) is 22.5 Å². The second-order valence-corrected chi connectivity index (χ2v) is 8.52. The Morgan fingerprint density at radius 3 is 2.13 bits per heavy atom. The van der Waals surface area contributed by atoms with Crippen LogP contribution in [0.4, 0.5) is 0 Å². The van der Waals surface area contributed by atoms with Gasteiger partial charge in [0.15, 0.2) is 0 Å². The molecular weight excluding hydrogens is 444 g/mol. The molecule has 0 bridgehead atoms. The zero-order valence-corrected chi connectivity index (χ0v) is 18.2. The van der Waals surface area contributed by atoms with E-state index in [0.29, 0.717) is 0 Å². The number of hydrogen-bond acceptors (Lipinski definition) is 2. The molecule has 0 atom stereocenters. The van der Waals surface area contributed by atoms with Crippen LogP contribution < -0.4 is 0 Å². The number of aromatic nitrogens is 2. The first-order chi connectivity index (χ1) is 15.3. The van der Waals surface area contributed by atoms with E-state index in [-0.39, 0.29) is 0 Å². The lowest BCUT2D eigenvalue weighted by atomic mass is 9.97. The number of fused-ring (bicyclic) bond motifs is 5. The van der Waals surface area contributed by atoms with Gasteiger partial charge < -0.3 is 0 Å². The Morgan fingerprint density at radius 2 is 1.29 bits per heavy atom. The first-order valence-corrected chi connectivity index (χ1v) is 11.0. The van der Waals surface area contributed by atoms with Crippen LogP contribution in [-0.4, -0.2) is 9.97 Å². The SMILES string of the molecule is Brc1ccc(-c2nc3ccccc3c3ccc4ccc(-c5ccccc5)nc4c23)cc1. The number of halogens is 1. The molecule has 0 saturated heterocycles. The largest absolute Gasteiger partial charge is 0.247 e. The number of para-hydroxylation sites is 1. The third-order valence-corrected chi connectivity index (χ3v) is 6.24. The molecule has 0 radical (unpaired) electrons. The second-order valence-electron chi connectivity index (χ2n) is 7.61. The van der Waals surface area contributed by atoms with Gasteiger partial charge in [0.1, 0.15) is 0 Å². The van der Waals surface area contributed by atoms with E-state index in [0.717, 1.165) is 54.2 Å². The Hall–Kier alpha value is -3.56. The highest BCUT2D eigenvalue weighted by Crippen LogP contribution is 2.37. The van der Waals surface area contributed by atoms with Crippen molar-refractivity contribution in [2.45, 2.75) is 0 Å². The zero-order valence-electron chi connectivity index (χ0n) is 16.6. The predicted molar refractivity (Wildman–Crippen MR) is 133 cm³/mol. The van der Waals surface area contributed by atoms with Crippen LogP contribution in [0.5, 0.6) is 0 Å². The van der Waals surface area contributed by atoms with Crippen LogP contribution in [0.25, 0.3) is 55.1 Å². The summed E-state index contributed by atoms with van der Waals surface area (Å²) in [5, 5.41) is 4.53. The van der Waals surface area contributed by atoms with Crippen LogP contribution in [0.15, 0.2) is 108 Å². The molecule has 31 heavy (non-hydrogen) atoms. The minimum atomic E-state index is 0.963. The van der Waals surface area contributed by atoms with Gasteiger partial charge in [0.05, 0.1) is 22.4 Å². The summed E-state index contributed by atoms with van der Waals surface area (Å²) < 4.78 is 1.05.